The van der Waals surface area contributed by atoms with E-state index in [0.717, 1.165) is 25.7 Å². The van der Waals surface area contributed by atoms with Gasteiger partial charge in [-0.1, -0.05) is 12.8 Å². The molecule has 0 aliphatic carbocycles. The average Bonchev–Trinajstić information content (AvgIpc) is 2.39. The van der Waals surface area contributed by atoms with E-state index in [1.54, 1.807) is 0 Å². The Morgan fingerprint density at radius 3 is 1.55 bits per heavy atom. The fraction of sp³-hybridized carbons (Fsp3) is 0.833. The van der Waals surface area contributed by atoms with Crippen molar-refractivity contribution in [2.75, 3.05) is 13.1 Å². The van der Waals surface area contributed by atoms with Crippen LogP contribution >= 0.6 is 24.0 Å². The molecule has 2 atom stereocenters. The molecule has 0 spiro atoms. The number of carbonyl (C=O) groups is 2. The van der Waals surface area contributed by atoms with Gasteiger partial charge in [-0.2, -0.15) is 0 Å². The van der Waals surface area contributed by atoms with Crippen molar-refractivity contribution < 1.29 is 34.2 Å². The molecule has 0 aromatic rings. The van der Waals surface area contributed by atoms with Crippen molar-refractivity contribution in [2.45, 2.75) is 50.6 Å². The van der Waals surface area contributed by atoms with Crippen molar-refractivity contribution in [1.82, 2.24) is 0 Å². The Balaban J connectivity index is -0.000000135. The summed E-state index contributed by atoms with van der Waals surface area (Å²) in [5.74, 6) is -0.933. The molecule has 10 heteroatoms. The van der Waals surface area contributed by atoms with E-state index in [4.69, 9.17) is 39.6 Å². The van der Waals surface area contributed by atoms with Gasteiger partial charge in [-0.05, 0) is 50.4 Å². The molecule has 0 radical (unpaired) electrons. The van der Waals surface area contributed by atoms with Gasteiger partial charge in [0.25, 0.3) is 0 Å². The molecule has 0 bridgehead atoms. The van der Waals surface area contributed by atoms with Crippen molar-refractivity contribution in [3.8, 4) is 0 Å². The number of hydrogen-bond acceptors (Lipinski definition) is 6. The molecule has 0 fully saturated rings. The van der Waals surface area contributed by atoms with E-state index in [1.165, 1.54) is 0 Å². The Kier molecular flexibility index (Phi) is 29.0. The fourth-order valence-corrected chi connectivity index (χ4v) is 1.36. The molecule has 2 unspecified atom stereocenters. The maximum atomic E-state index is 10.3. The molecule has 0 saturated heterocycles. The van der Waals surface area contributed by atoms with Crippen LogP contribution in [0.5, 0.6) is 0 Å². The van der Waals surface area contributed by atoms with Gasteiger partial charge in [0.15, 0.2) is 0 Å². The fourth-order valence-electron chi connectivity index (χ4n) is 1.25. The van der Waals surface area contributed by atoms with Crippen LogP contribution in [-0.2, 0) is 29.1 Å². The summed E-state index contributed by atoms with van der Waals surface area (Å²) < 4.78 is 0. The predicted octanol–water partition coefficient (Wildman–Crippen LogP) is 0.155. The third kappa shape index (κ3) is 22.5. The number of rotatable bonds is 10. The van der Waals surface area contributed by atoms with Crippen LogP contribution in [0.4, 0.5) is 0 Å². The monoisotopic (exact) mass is 410 g/mol. The first-order valence-electron chi connectivity index (χ1n) is 6.70. The maximum absolute atomic E-state index is 10.3. The van der Waals surface area contributed by atoms with Crippen molar-refractivity contribution in [3.05, 3.63) is 0 Å². The Hall–Kier alpha value is 0.183. The van der Waals surface area contributed by atoms with Crippen molar-refractivity contribution in [3.63, 3.8) is 0 Å². The van der Waals surface area contributed by atoms with E-state index < -0.39 is 23.3 Å². The Labute approximate surface area is 156 Å². The van der Waals surface area contributed by atoms with Crippen LogP contribution in [0, 0.1) is 0 Å². The molecule has 130 valence electrons. The third-order valence-electron chi connectivity index (χ3n) is 2.55. The van der Waals surface area contributed by atoms with Gasteiger partial charge in [-0.15, -0.1) is 12.4 Å². The Bertz CT molecular complexity index is 251. The van der Waals surface area contributed by atoms with Gasteiger partial charge in [0.1, 0.15) is 6.04 Å². The topological polar surface area (TPSA) is 158 Å². The molecule has 7 nitrogen and oxygen atoms in total. The van der Waals surface area contributed by atoms with Crippen LogP contribution in [0.25, 0.3) is 0 Å². The molecule has 0 aliphatic heterocycles. The minimum absolute atomic E-state index is 0. The molecule has 9 N–H and O–H groups in total. The van der Waals surface area contributed by atoms with E-state index >= 15 is 0 Å². The van der Waals surface area contributed by atoms with Crippen molar-refractivity contribution >= 4 is 35.2 Å². The molecule has 0 saturated carbocycles. The zero-order valence-electron chi connectivity index (χ0n) is 12.9. The normalized spacial score (nSPS) is 11.9. The number of aliphatic carboxylic acids is 1. The summed E-state index contributed by atoms with van der Waals surface area (Å²) in [4.78, 5) is 20.5. The number of halogens is 2. The molecular formula is C12H28Cl2N4O3Zn. The van der Waals surface area contributed by atoms with Crippen LogP contribution in [0.2, 0.25) is 0 Å². The summed E-state index contributed by atoms with van der Waals surface area (Å²) >= 11 is 5.11. The van der Waals surface area contributed by atoms with Gasteiger partial charge in [-0.3, -0.25) is 9.59 Å². The molecule has 22 heavy (non-hydrogen) atoms. The second-order valence-electron chi connectivity index (χ2n) is 4.42. The SMILES string of the molecule is Cl.NCCCCC(N)C(=O)Cl.NCCCCC(N)C(=O)O.[Zn]. The van der Waals surface area contributed by atoms with E-state index in [0.29, 0.717) is 25.9 Å². The Morgan fingerprint density at radius 1 is 0.909 bits per heavy atom. The van der Waals surface area contributed by atoms with Crippen LogP contribution in [0.1, 0.15) is 38.5 Å². The van der Waals surface area contributed by atoms with Crippen LogP contribution in [-0.4, -0.2) is 41.5 Å². The third-order valence-corrected chi connectivity index (χ3v) is 2.83. The molecule has 0 aromatic heterocycles. The molecular weight excluding hydrogens is 384 g/mol. The van der Waals surface area contributed by atoms with Crippen LogP contribution < -0.4 is 22.9 Å². The van der Waals surface area contributed by atoms with Crippen LogP contribution in [0.15, 0.2) is 0 Å². The molecule has 0 aliphatic rings. The van der Waals surface area contributed by atoms with Crippen molar-refractivity contribution in [1.29, 1.82) is 0 Å². The minimum Gasteiger partial charge on any atom is -0.480 e. The van der Waals surface area contributed by atoms with Gasteiger partial charge >= 0.3 is 5.97 Å². The first kappa shape index (κ1) is 30.1. The number of carbonyl (C=O) groups excluding carboxylic acids is 1. The molecule has 0 rings (SSSR count). The first-order chi connectivity index (χ1) is 9.36. The Morgan fingerprint density at radius 2 is 1.27 bits per heavy atom. The summed E-state index contributed by atoms with van der Waals surface area (Å²) in [6.07, 6.45) is 4.57. The molecule has 0 heterocycles. The summed E-state index contributed by atoms with van der Waals surface area (Å²) in [5.41, 5.74) is 21.0. The number of nitrogens with two attached hydrogens (primary N) is 4. The molecule has 0 amide bonds. The van der Waals surface area contributed by atoms with Gasteiger partial charge in [-0.25, -0.2) is 0 Å². The van der Waals surface area contributed by atoms with E-state index in [-0.39, 0.29) is 31.9 Å². The molecule has 0 aromatic carbocycles. The predicted molar refractivity (Wildman–Crippen MR) is 87.5 cm³/mol. The minimum atomic E-state index is -0.933. The number of unbranched alkanes of at least 4 members (excludes halogenated alkanes) is 2. The number of hydrogen-bond donors (Lipinski definition) is 5. The van der Waals surface area contributed by atoms with Crippen LogP contribution in [0.3, 0.4) is 0 Å². The van der Waals surface area contributed by atoms with Gasteiger partial charge in [0.05, 0.1) is 6.04 Å². The number of carboxylic acid groups (broad SMARTS) is 1. The largest absolute Gasteiger partial charge is 0.480 e. The summed E-state index contributed by atoms with van der Waals surface area (Å²) in [6.45, 7) is 1.25. The van der Waals surface area contributed by atoms with E-state index in [9.17, 15) is 9.59 Å². The second kappa shape index (κ2) is 21.2. The summed E-state index contributed by atoms with van der Waals surface area (Å²) in [7, 11) is 0. The van der Waals surface area contributed by atoms with E-state index in [1.807, 2.05) is 0 Å². The zero-order valence-corrected chi connectivity index (χ0v) is 17.4. The van der Waals surface area contributed by atoms with Crippen molar-refractivity contribution in [2.24, 2.45) is 22.9 Å². The van der Waals surface area contributed by atoms with E-state index in [2.05, 4.69) is 0 Å². The first-order valence-corrected chi connectivity index (χ1v) is 7.08. The quantitative estimate of drug-likeness (QED) is 0.194. The van der Waals surface area contributed by atoms with Gasteiger partial charge < -0.3 is 28.0 Å². The summed E-state index contributed by atoms with van der Waals surface area (Å²) in [5, 5.41) is 7.86. The zero-order chi connectivity index (χ0) is 16.0. The standard InChI is InChI=1S/C6H13ClN2O.C6H14N2O2.ClH.Zn/c7-6(10)5(9)3-1-2-4-8;7-4-2-1-3-5(8)6(9)10;;/h5H,1-4,8-9H2;5H,1-4,7-8H2,(H,9,10);1H;. The maximum Gasteiger partial charge on any atom is 0.320 e. The second-order valence-corrected chi connectivity index (χ2v) is 4.80. The number of carboxylic acids is 1. The van der Waals surface area contributed by atoms with Gasteiger partial charge in [0.2, 0.25) is 5.24 Å². The van der Waals surface area contributed by atoms with Gasteiger partial charge in [0, 0.05) is 19.5 Å². The average molecular weight is 413 g/mol. The summed E-state index contributed by atoms with van der Waals surface area (Å²) in [6, 6.07) is -1.22. The smallest absolute Gasteiger partial charge is 0.320 e.